The van der Waals surface area contributed by atoms with Crippen LogP contribution in [0.15, 0.2) is 28.7 Å². The van der Waals surface area contributed by atoms with Crippen molar-refractivity contribution in [3.8, 4) is 11.3 Å². The number of nitrogens with zero attached hydrogens (tertiary/aromatic N) is 1. The number of carbonyl (C=O) groups is 2. The zero-order chi connectivity index (χ0) is 13.8. The average Bonchev–Trinajstić information content (AvgIpc) is 2.81. The van der Waals surface area contributed by atoms with Gasteiger partial charge in [-0.05, 0) is 0 Å². The van der Waals surface area contributed by atoms with Gasteiger partial charge in [0, 0.05) is 16.5 Å². The lowest BCUT2D eigenvalue weighted by Gasteiger charge is -2.11. The Kier molecular flexibility index (Phi) is 2.26. The first-order valence-electron chi connectivity index (χ1n) is 6.09. The van der Waals surface area contributed by atoms with Gasteiger partial charge in [-0.2, -0.15) is 0 Å². The Morgan fingerprint density at radius 1 is 1.00 bits per heavy atom. The van der Waals surface area contributed by atoms with E-state index in [1.165, 1.54) is 0 Å². The molecule has 1 aromatic carbocycles. The number of aromatic nitrogens is 1. The molecular weight excluding hydrogens is 242 g/mol. The number of Topliss-reactive ketones (excluding diaryl/α,β-unsaturated/α-hetero) is 2. The predicted molar refractivity (Wildman–Crippen MR) is 69.3 cm³/mol. The number of carbonyl (C=O) groups excluding carboxylic acids is 2. The van der Waals surface area contributed by atoms with Gasteiger partial charge in [0.05, 0.1) is 0 Å². The van der Waals surface area contributed by atoms with Gasteiger partial charge in [-0.15, -0.1) is 0 Å². The highest BCUT2D eigenvalue weighted by molar-refractivity contribution is 6.52. The summed E-state index contributed by atoms with van der Waals surface area (Å²) in [6.45, 7) is 5.84. The smallest absolute Gasteiger partial charge is 0.271 e. The van der Waals surface area contributed by atoms with Crippen molar-refractivity contribution in [1.82, 2.24) is 4.98 Å². The monoisotopic (exact) mass is 255 g/mol. The highest BCUT2D eigenvalue weighted by atomic mass is 16.4. The van der Waals surface area contributed by atoms with Crippen LogP contribution in [0.4, 0.5) is 0 Å². The Morgan fingerprint density at radius 3 is 2.26 bits per heavy atom. The van der Waals surface area contributed by atoms with E-state index in [-0.39, 0.29) is 11.2 Å². The van der Waals surface area contributed by atoms with Crippen molar-refractivity contribution in [2.75, 3.05) is 0 Å². The summed E-state index contributed by atoms with van der Waals surface area (Å²) in [5.74, 6) is -0.611. The molecule has 0 aliphatic heterocycles. The van der Waals surface area contributed by atoms with Gasteiger partial charge in [0.2, 0.25) is 17.4 Å². The van der Waals surface area contributed by atoms with Gasteiger partial charge >= 0.3 is 0 Å². The summed E-state index contributed by atoms with van der Waals surface area (Å²) in [5.41, 5.74) is 1.23. The first-order valence-corrected chi connectivity index (χ1v) is 6.09. The Balaban J connectivity index is 2.30. The van der Waals surface area contributed by atoms with Crippen LogP contribution in [-0.2, 0) is 5.41 Å². The molecule has 19 heavy (non-hydrogen) atoms. The fourth-order valence-corrected chi connectivity index (χ4v) is 2.09. The standard InChI is InChI=1S/C15H13NO3/c1-15(2,3)14-16-10-8-6-4-5-7-9(8)11(17)12(18)13(10)19-14/h4-7H,1-3H3. The van der Waals surface area contributed by atoms with Crippen molar-refractivity contribution in [1.29, 1.82) is 0 Å². The highest BCUT2D eigenvalue weighted by Crippen LogP contribution is 2.35. The molecule has 0 N–H and O–H groups in total. The molecule has 0 fully saturated rings. The molecule has 0 saturated heterocycles. The molecule has 1 aromatic heterocycles. The van der Waals surface area contributed by atoms with E-state index in [1.54, 1.807) is 18.2 Å². The zero-order valence-electron chi connectivity index (χ0n) is 11.0. The normalized spacial score (nSPS) is 14.3. The zero-order valence-corrected chi connectivity index (χ0v) is 11.0. The minimum Gasteiger partial charge on any atom is -0.436 e. The van der Waals surface area contributed by atoms with Crippen molar-refractivity contribution >= 4 is 11.6 Å². The van der Waals surface area contributed by atoms with E-state index >= 15 is 0 Å². The summed E-state index contributed by atoms with van der Waals surface area (Å²) in [6.07, 6.45) is 0. The van der Waals surface area contributed by atoms with Crippen molar-refractivity contribution in [2.45, 2.75) is 26.2 Å². The number of hydrogen-bond acceptors (Lipinski definition) is 4. The van der Waals surface area contributed by atoms with Gasteiger partial charge in [0.15, 0.2) is 0 Å². The van der Waals surface area contributed by atoms with Gasteiger partial charge in [-0.25, -0.2) is 4.98 Å². The largest absolute Gasteiger partial charge is 0.436 e. The van der Waals surface area contributed by atoms with Crippen LogP contribution in [0.2, 0.25) is 0 Å². The van der Waals surface area contributed by atoms with Crippen molar-refractivity contribution < 1.29 is 14.0 Å². The number of oxazole rings is 1. The van der Waals surface area contributed by atoms with E-state index in [9.17, 15) is 9.59 Å². The molecule has 2 aromatic rings. The molecule has 0 unspecified atom stereocenters. The van der Waals surface area contributed by atoms with Gasteiger partial charge < -0.3 is 4.42 Å². The molecule has 0 spiro atoms. The lowest BCUT2D eigenvalue weighted by molar-refractivity contribution is 0.0797. The van der Waals surface area contributed by atoms with Crippen molar-refractivity contribution in [3.05, 3.63) is 41.5 Å². The second-order valence-corrected chi connectivity index (χ2v) is 5.65. The molecule has 3 rings (SSSR count). The van der Waals surface area contributed by atoms with Crippen molar-refractivity contribution in [2.24, 2.45) is 0 Å². The van der Waals surface area contributed by atoms with Gasteiger partial charge in [0.1, 0.15) is 5.69 Å². The molecule has 0 amide bonds. The molecule has 1 aliphatic rings. The van der Waals surface area contributed by atoms with Gasteiger partial charge in [-0.3, -0.25) is 9.59 Å². The van der Waals surface area contributed by atoms with E-state index in [0.29, 0.717) is 22.7 Å². The fraction of sp³-hybridized carbons (Fsp3) is 0.267. The van der Waals surface area contributed by atoms with Crippen LogP contribution in [-0.4, -0.2) is 16.6 Å². The topological polar surface area (TPSA) is 60.2 Å². The van der Waals surface area contributed by atoms with E-state index in [0.717, 1.165) is 0 Å². The van der Waals surface area contributed by atoms with Crippen LogP contribution in [0.5, 0.6) is 0 Å². The summed E-state index contributed by atoms with van der Waals surface area (Å²) in [7, 11) is 0. The maximum absolute atomic E-state index is 12.0. The maximum Gasteiger partial charge on any atom is 0.271 e. The minimum atomic E-state index is -0.614. The number of benzene rings is 1. The second kappa shape index (κ2) is 3.63. The molecule has 1 aliphatic carbocycles. The van der Waals surface area contributed by atoms with Gasteiger partial charge in [0.25, 0.3) is 5.78 Å². The van der Waals surface area contributed by atoms with Crippen LogP contribution < -0.4 is 0 Å². The van der Waals surface area contributed by atoms with E-state index < -0.39 is 11.6 Å². The minimum absolute atomic E-state index is 0.0635. The fourth-order valence-electron chi connectivity index (χ4n) is 2.09. The molecule has 1 heterocycles. The molecule has 4 heteroatoms. The lowest BCUT2D eigenvalue weighted by atomic mass is 9.91. The number of ketones is 2. The van der Waals surface area contributed by atoms with E-state index in [1.807, 2.05) is 26.8 Å². The second-order valence-electron chi connectivity index (χ2n) is 5.65. The summed E-state index contributed by atoms with van der Waals surface area (Å²) >= 11 is 0. The lowest BCUT2D eigenvalue weighted by Crippen LogP contribution is -2.20. The summed E-state index contributed by atoms with van der Waals surface area (Å²) in [6, 6.07) is 6.98. The maximum atomic E-state index is 12.0. The Hall–Kier alpha value is -2.23. The summed E-state index contributed by atoms with van der Waals surface area (Å²) in [5, 5.41) is 0. The SMILES string of the molecule is CC(C)(C)c1nc2c(o1)C(=O)C(=O)c1ccccc1-2. The number of fused-ring (bicyclic) bond motifs is 3. The predicted octanol–water partition coefficient (Wildman–Crippen LogP) is 3.02. The Labute approximate surface area is 110 Å². The van der Waals surface area contributed by atoms with Crippen LogP contribution in [0, 0.1) is 0 Å². The Morgan fingerprint density at radius 2 is 1.63 bits per heavy atom. The first-order chi connectivity index (χ1) is 8.89. The summed E-state index contributed by atoms with van der Waals surface area (Å²) in [4.78, 5) is 28.4. The molecule has 4 nitrogen and oxygen atoms in total. The van der Waals surface area contributed by atoms with Crippen LogP contribution in [0.3, 0.4) is 0 Å². The molecule has 0 radical (unpaired) electrons. The van der Waals surface area contributed by atoms with Gasteiger partial charge in [-0.1, -0.05) is 45.0 Å². The number of hydrogen-bond donors (Lipinski definition) is 0. The average molecular weight is 255 g/mol. The molecule has 0 bridgehead atoms. The number of rotatable bonds is 0. The van der Waals surface area contributed by atoms with Crippen LogP contribution in [0.25, 0.3) is 11.3 Å². The van der Waals surface area contributed by atoms with E-state index in [2.05, 4.69) is 4.98 Å². The first kappa shape index (κ1) is 11.8. The highest BCUT2D eigenvalue weighted by Gasteiger charge is 2.36. The third-order valence-electron chi connectivity index (χ3n) is 3.11. The molecule has 96 valence electrons. The third kappa shape index (κ3) is 1.63. The third-order valence-corrected chi connectivity index (χ3v) is 3.11. The Bertz CT molecular complexity index is 704. The molecule has 0 saturated carbocycles. The van der Waals surface area contributed by atoms with Crippen LogP contribution in [0.1, 0.15) is 47.6 Å². The summed E-state index contributed by atoms with van der Waals surface area (Å²) < 4.78 is 5.53. The van der Waals surface area contributed by atoms with E-state index in [4.69, 9.17) is 4.42 Å². The van der Waals surface area contributed by atoms with Crippen molar-refractivity contribution in [3.63, 3.8) is 0 Å². The molecule has 0 atom stereocenters. The quantitative estimate of drug-likeness (QED) is 0.679. The van der Waals surface area contributed by atoms with Crippen LogP contribution >= 0.6 is 0 Å². The molecular formula is C15H13NO3.